The molecule has 5 heteroatoms. The van der Waals surface area contributed by atoms with Gasteiger partial charge >= 0.3 is 134 Å². The average Bonchev–Trinajstić information content (AvgIpc) is 2.92. The first-order chi connectivity index (χ1) is 10.7. The number of aromatic amines is 1. The van der Waals surface area contributed by atoms with Crippen LogP contribution in [0.15, 0.2) is 48.7 Å². The molecule has 3 aromatic rings. The minimum atomic E-state index is -0.211. The summed E-state index contributed by atoms with van der Waals surface area (Å²) in [4.78, 5) is 14.7. The second-order valence-electron chi connectivity index (χ2n) is 4.94. The van der Waals surface area contributed by atoms with E-state index in [1.807, 2.05) is 36.5 Å². The number of carbonyl (C=O) groups excluding carboxylic acids is 1. The number of benzene rings is 2. The van der Waals surface area contributed by atoms with Gasteiger partial charge in [-0.2, -0.15) is 0 Å². The van der Waals surface area contributed by atoms with Crippen molar-refractivity contribution in [2.75, 3.05) is 7.05 Å². The van der Waals surface area contributed by atoms with Crippen LogP contribution in [0.5, 0.6) is 0 Å². The summed E-state index contributed by atoms with van der Waals surface area (Å²) in [7, 11) is 1.64. The predicted molar refractivity (Wildman–Crippen MR) is 87.5 cm³/mol. The van der Waals surface area contributed by atoms with E-state index in [1.165, 1.54) is 16.6 Å². The van der Waals surface area contributed by atoms with Crippen molar-refractivity contribution in [2.45, 2.75) is 6.42 Å². The summed E-state index contributed by atoms with van der Waals surface area (Å²) in [6, 6.07) is 12.7. The maximum atomic E-state index is 13.0. The number of carbonyl (C=O) groups is 1. The predicted octanol–water partition coefficient (Wildman–Crippen LogP) is 1.25. The molecular weight excluding hydrogens is 346 g/mol. The standard InChI is InChI=1S/C17H15FN2OSe/c1-19-17(21)9-11-2-7-14-15(8-11)20-10-16(14)22-13-5-3-12(18)4-6-13/h2-8,10,20H,9H2,1H3,(H,19,21). The van der Waals surface area contributed by atoms with Gasteiger partial charge in [0.05, 0.1) is 0 Å². The summed E-state index contributed by atoms with van der Waals surface area (Å²) in [5, 5.41) is 3.78. The molecule has 0 spiro atoms. The van der Waals surface area contributed by atoms with E-state index >= 15 is 0 Å². The third-order valence-electron chi connectivity index (χ3n) is 3.39. The summed E-state index contributed by atoms with van der Waals surface area (Å²) in [5.74, 6) is -0.209. The fourth-order valence-corrected chi connectivity index (χ4v) is 4.20. The van der Waals surface area contributed by atoms with Crippen LogP contribution in [0, 0.1) is 5.82 Å². The van der Waals surface area contributed by atoms with Crippen molar-refractivity contribution in [3.8, 4) is 0 Å². The van der Waals surface area contributed by atoms with E-state index in [1.54, 1.807) is 7.05 Å². The number of hydrogen-bond acceptors (Lipinski definition) is 1. The third-order valence-corrected chi connectivity index (χ3v) is 5.63. The molecule has 0 bridgehead atoms. The molecule has 0 aliphatic heterocycles. The zero-order valence-corrected chi connectivity index (χ0v) is 13.7. The van der Waals surface area contributed by atoms with E-state index < -0.39 is 0 Å². The van der Waals surface area contributed by atoms with Crippen molar-refractivity contribution in [1.29, 1.82) is 0 Å². The Labute approximate surface area is 134 Å². The van der Waals surface area contributed by atoms with Crippen LogP contribution in [0.3, 0.4) is 0 Å². The Bertz CT molecular complexity index is 811. The summed E-state index contributed by atoms with van der Waals surface area (Å²) in [5.41, 5.74) is 2.01. The Hall–Kier alpha value is -2.10. The molecule has 0 unspecified atom stereocenters. The van der Waals surface area contributed by atoms with Gasteiger partial charge < -0.3 is 0 Å². The molecule has 0 aliphatic rings. The molecule has 0 aliphatic carbocycles. The monoisotopic (exact) mass is 362 g/mol. The molecule has 1 amide bonds. The van der Waals surface area contributed by atoms with Gasteiger partial charge in [0.25, 0.3) is 0 Å². The first kappa shape index (κ1) is 14.8. The van der Waals surface area contributed by atoms with Crippen molar-refractivity contribution < 1.29 is 9.18 Å². The number of hydrogen-bond donors (Lipinski definition) is 2. The molecule has 22 heavy (non-hydrogen) atoms. The molecule has 0 atom stereocenters. The van der Waals surface area contributed by atoms with Crippen molar-refractivity contribution >= 4 is 40.7 Å². The summed E-state index contributed by atoms with van der Waals surface area (Å²) < 4.78 is 15.3. The van der Waals surface area contributed by atoms with Crippen molar-refractivity contribution in [1.82, 2.24) is 10.3 Å². The van der Waals surface area contributed by atoms with Crippen molar-refractivity contribution in [3.63, 3.8) is 0 Å². The number of amides is 1. The van der Waals surface area contributed by atoms with Crippen LogP contribution in [0.4, 0.5) is 4.39 Å². The van der Waals surface area contributed by atoms with Gasteiger partial charge in [-0.25, -0.2) is 0 Å². The molecule has 0 fully saturated rings. The van der Waals surface area contributed by atoms with Crippen LogP contribution in [-0.2, 0) is 11.2 Å². The van der Waals surface area contributed by atoms with Crippen molar-refractivity contribution in [2.24, 2.45) is 0 Å². The summed E-state index contributed by atoms with van der Waals surface area (Å²) in [6.07, 6.45) is 2.38. The number of fused-ring (bicyclic) bond motifs is 1. The molecule has 0 saturated heterocycles. The van der Waals surface area contributed by atoms with E-state index in [9.17, 15) is 9.18 Å². The number of halogens is 1. The molecule has 1 aromatic heterocycles. The van der Waals surface area contributed by atoms with Gasteiger partial charge in [-0.05, 0) is 0 Å². The second kappa shape index (κ2) is 6.34. The van der Waals surface area contributed by atoms with E-state index in [2.05, 4.69) is 10.3 Å². The molecule has 2 aromatic carbocycles. The van der Waals surface area contributed by atoms with Gasteiger partial charge in [0.15, 0.2) is 0 Å². The van der Waals surface area contributed by atoms with Crippen LogP contribution in [-0.4, -0.2) is 32.9 Å². The molecule has 3 nitrogen and oxygen atoms in total. The zero-order chi connectivity index (χ0) is 15.5. The molecule has 1 heterocycles. The first-order valence-electron chi connectivity index (χ1n) is 6.90. The van der Waals surface area contributed by atoms with E-state index in [0.29, 0.717) is 6.42 Å². The second-order valence-corrected chi connectivity index (χ2v) is 7.28. The number of likely N-dealkylation sites (N-methyl/N-ethyl adjacent to an activating group) is 1. The van der Waals surface area contributed by atoms with Gasteiger partial charge in [-0.1, -0.05) is 0 Å². The van der Waals surface area contributed by atoms with E-state index in [4.69, 9.17) is 0 Å². The van der Waals surface area contributed by atoms with Gasteiger partial charge in [-0.3, -0.25) is 0 Å². The van der Waals surface area contributed by atoms with Crippen LogP contribution < -0.4 is 14.2 Å². The Morgan fingerprint density at radius 1 is 1.23 bits per heavy atom. The fraction of sp³-hybridized carbons (Fsp3) is 0.118. The Balaban J connectivity index is 1.85. The molecule has 112 valence electrons. The van der Waals surface area contributed by atoms with Gasteiger partial charge in [-0.15, -0.1) is 0 Å². The molecule has 2 N–H and O–H groups in total. The number of H-pyrrole nitrogens is 1. The van der Waals surface area contributed by atoms with Gasteiger partial charge in [0, 0.05) is 0 Å². The summed E-state index contributed by atoms with van der Waals surface area (Å²) >= 11 is 0.119. The Kier molecular flexibility index (Phi) is 4.27. The van der Waals surface area contributed by atoms with Crippen LogP contribution >= 0.6 is 0 Å². The van der Waals surface area contributed by atoms with E-state index in [0.717, 1.165) is 20.9 Å². The first-order valence-corrected chi connectivity index (χ1v) is 8.61. The zero-order valence-electron chi connectivity index (χ0n) is 12.0. The molecule has 0 radical (unpaired) electrons. The SMILES string of the molecule is CNC(=O)Cc1ccc2c([Se]c3ccc(F)cc3)c[nH]c2c1. The molecule has 0 saturated carbocycles. The van der Waals surface area contributed by atoms with Crippen LogP contribution in [0.2, 0.25) is 0 Å². The van der Waals surface area contributed by atoms with Crippen LogP contribution in [0.1, 0.15) is 5.56 Å². The Morgan fingerprint density at radius 2 is 2.00 bits per heavy atom. The number of rotatable bonds is 4. The number of nitrogens with one attached hydrogen (secondary N) is 2. The molecule has 3 rings (SSSR count). The molecular formula is C17H15FN2OSe. The van der Waals surface area contributed by atoms with Crippen molar-refractivity contribution in [3.05, 3.63) is 60.0 Å². The topological polar surface area (TPSA) is 44.9 Å². The average molecular weight is 361 g/mol. The quantitative estimate of drug-likeness (QED) is 0.675. The van der Waals surface area contributed by atoms with Gasteiger partial charge in [0.2, 0.25) is 0 Å². The van der Waals surface area contributed by atoms with Crippen LogP contribution in [0.25, 0.3) is 10.9 Å². The van der Waals surface area contributed by atoms with E-state index in [-0.39, 0.29) is 26.7 Å². The summed E-state index contributed by atoms with van der Waals surface area (Å²) in [6.45, 7) is 0. The number of aromatic nitrogens is 1. The minimum absolute atomic E-state index is 0.00154. The normalized spacial score (nSPS) is 10.8. The Morgan fingerprint density at radius 3 is 2.73 bits per heavy atom. The third kappa shape index (κ3) is 3.21. The maximum absolute atomic E-state index is 13.0. The van der Waals surface area contributed by atoms with Gasteiger partial charge in [0.1, 0.15) is 0 Å². The fourth-order valence-electron chi connectivity index (χ4n) is 2.24.